The molecule has 0 bridgehead atoms. The number of aliphatic imine (C=N–C) groups is 1. The van der Waals surface area contributed by atoms with Crippen molar-refractivity contribution in [1.29, 1.82) is 0 Å². The zero-order valence-electron chi connectivity index (χ0n) is 15.7. The van der Waals surface area contributed by atoms with Crippen molar-refractivity contribution in [3.63, 3.8) is 0 Å². The fraction of sp³-hybridized carbons (Fsp3) is 0.733. The molecule has 2 N–H and O–H groups in total. The Morgan fingerprint density at radius 2 is 2.04 bits per heavy atom. The van der Waals surface area contributed by atoms with Gasteiger partial charge in [-0.25, -0.2) is 17.7 Å². The molecule has 0 saturated carbocycles. The van der Waals surface area contributed by atoms with E-state index in [0.717, 1.165) is 36.2 Å². The number of halogens is 1. The molecule has 0 atom stereocenters. The van der Waals surface area contributed by atoms with Crippen molar-refractivity contribution >= 4 is 56.4 Å². The molecule has 1 saturated heterocycles. The molecule has 0 aliphatic carbocycles. The summed E-state index contributed by atoms with van der Waals surface area (Å²) >= 11 is 1.62. The number of piperidine rings is 1. The molecule has 2 heterocycles. The molecule has 0 spiro atoms. The Labute approximate surface area is 177 Å². The standard InChI is InChI=1S/C15H28N6O2S2.HI/c1-16-14(18-10-13-11-24-15(19-13)20(2)3)17-9-12-5-7-21(8-6-12)25(4,22)23;/h11-12H,5-10H2,1-4H3,(H2,16,17,18);1H. The molecular formula is C15H29IN6O2S2. The summed E-state index contributed by atoms with van der Waals surface area (Å²) < 4.78 is 24.6. The summed E-state index contributed by atoms with van der Waals surface area (Å²) in [5.74, 6) is 1.20. The second kappa shape index (κ2) is 10.6. The van der Waals surface area contributed by atoms with Gasteiger partial charge in [0.2, 0.25) is 10.0 Å². The van der Waals surface area contributed by atoms with Crippen LogP contribution < -0.4 is 15.5 Å². The van der Waals surface area contributed by atoms with Gasteiger partial charge in [0, 0.05) is 46.2 Å². The molecular weight excluding hydrogens is 487 g/mol. The van der Waals surface area contributed by atoms with E-state index in [-0.39, 0.29) is 24.0 Å². The third-order valence-corrected chi connectivity index (χ3v) is 6.54. The van der Waals surface area contributed by atoms with E-state index in [1.165, 1.54) is 6.26 Å². The Morgan fingerprint density at radius 1 is 1.38 bits per heavy atom. The number of rotatable bonds is 6. The first-order chi connectivity index (χ1) is 11.8. The zero-order valence-corrected chi connectivity index (χ0v) is 19.7. The Balaban J connectivity index is 0.00000338. The number of sulfonamides is 1. The van der Waals surface area contributed by atoms with Gasteiger partial charge >= 0.3 is 0 Å². The number of anilines is 1. The Hall–Kier alpha value is -0.660. The quantitative estimate of drug-likeness (QED) is 0.335. The predicted molar refractivity (Wildman–Crippen MR) is 119 cm³/mol. The Morgan fingerprint density at radius 3 is 2.54 bits per heavy atom. The maximum atomic E-state index is 11.5. The second-order valence-corrected chi connectivity index (χ2v) is 9.25. The van der Waals surface area contributed by atoms with E-state index in [1.807, 2.05) is 24.4 Å². The van der Waals surface area contributed by atoms with Crippen LogP contribution >= 0.6 is 35.3 Å². The van der Waals surface area contributed by atoms with Crippen LogP contribution in [-0.2, 0) is 16.6 Å². The molecule has 1 aliphatic rings. The molecule has 2 rings (SSSR count). The predicted octanol–water partition coefficient (Wildman–Crippen LogP) is 1.16. The number of guanidine groups is 1. The first-order valence-corrected chi connectivity index (χ1v) is 11.0. The zero-order chi connectivity index (χ0) is 18.4. The van der Waals surface area contributed by atoms with Gasteiger partial charge in [-0.2, -0.15) is 0 Å². The number of nitrogens with one attached hydrogen (secondary N) is 2. The van der Waals surface area contributed by atoms with E-state index >= 15 is 0 Å². The molecule has 0 unspecified atom stereocenters. The maximum absolute atomic E-state index is 11.5. The highest BCUT2D eigenvalue weighted by molar-refractivity contribution is 14.0. The summed E-state index contributed by atoms with van der Waals surface area (Å²) in [4.78, 5) is 10.8. The van der Waals surface area contributed by atoms with Gasteiger partial charge in [0.05, 0.1) is 18.5 Å². The first kappa shape index (κ1) is 23.4. The van der Waals surface area contributed by atoms with E-state index in [1.54, 1.807) is 22.7 Å². The van der Waals surface area contributed by atoms with Crippen molar-refractivity contribution in [1.82, 2.24) is 19.9 Å². The van der Waals surface area contributed by atoms with Gasteiger partial charge in [0.1, 0.15) is 0 Å². The van der Waals surface area contributed by atoms with Gasteiger partial charge in [-0.1, -0.05) is 0 Å². The number of hydrogen-bond acceptors (Lipinski definition) is 6. The van der Waals surface area contributed by atoms with Gasteiger partial charge in [-0.15, -0.1) is 35.3 Å². The van der Waals surface area contributed by atoms with Gasteiger partial charge in [0.15, 0.2) is 11.1 Å². The number of hydrogen-bond donors (Lipinski definition) is 2. The van der Waals surface area contributed by atoms with Crippen LogP contribution in [0, 0.1) is 5.92 Å². The van der Waals surface area contributed by atoms with Crippen LogP contribution in [0.2, 0.25) is 0 Å². The monoisotopic (exact) mass is 516 g/mol. The SMILES string of the molecule is CN=C(NCc1csc(N(C)C)n1)NCC1CCN(S(C)(=O)=O)CC1.I. The molecule has 8 nitrogen and oxygen atoms in total. The minimum atomic E-state index is -3.06. The Kier molecular flexibility index (Phi) is 9.55. The minimum Gasteiger partial charge on any atom is -0.356 e. The van der Waals surface area contributed by atoms with Gasteiger partial charge < -0.3 is 15.5 Å². The minimum absolute atomic E-state index is 0. The summed E-state index contributed by atoms with van der Waals surface area (Å²) in [6.07, 6.45) is 3.02. The molecule has 0 aromatic carbocycles. The van der Waals surface area contributed by atoms with Crippen LogP contribution in [-0.4, -0.2) is 70.7 Å². The van der Waals surface area contributed by atoms with Gasteiger partial charge in [-0.05, 0) is 18.8 Å². The largest absolute Gasteiger partial charge is 0.356 e. The second-order valence-electron chi connectivity index (χ2n) is 6.43. The Bertz CT molecular complexity index is 684. The van der Waals surface area contributed by atoms with E-state index in [0.29, 0.717) is 25.6 Å². The van der Waals surface area contributed by atoms with Crippen LogP contribution in [0.3, 0.4) is 0 Å². The molecule has 26 heavy (non-hydrogen) atoms. The normalized spacial score (nSPS) is 16.8. The van der Waals surface area contributed by atoms with Crippen LogP contribution in [0.4, 0.5) is 5.13 Å². The molecule has 150 valence electrons. The summed E-state index contributed by atoms with van der Waals surface area (Å²) in [7, 11) is 2.64. The third kappa shape index (κ3) is 7.16. The lowest BCUT2D eigenvalue weighted by Crippen LogP contribution is -2.43. The highest BCUT2D eigenvalue weighted by atomic mass is 127. The van der Waals surface area contributed by atoms with Gasteiger partial charge in [-0.3, -0.25) is 4.99 Å². The summed E-state index contributed by atoms with van der Waals surface area (Å²) in [6.45, 7) is 2.61. The van der Waals surface area contributed by atoms with Crippen molar-refractivity contribution in [3.8, 4) is 0 Å². The lowest BCUT2D eigenvalue weighted by Gasteiger charge is -2.30. The lowest BCUT2D eigenvalue weighted by atomic mass is 9.98. The third-order valence-electron chi connectivity index (χ3n) is 4.18. The highest BCUT2D eigenvalue weighted by Gasteiger charge is 2.24. The fourth-order valence-corrected chi connectivity index (χ4v) is 4.30. The lowest BCUT2D eigenvalue weighted by molar-refractivity contribution is 0.275. The number of thiazole rings is 1. The van der Waals surface area contributed by atoms with E-state index < -0.39 is 10.0 Å². The van der Waals surface area contributed by atoms with Crippen molar-refractivity contribution in [2.45, 2.75) is 19.4 Å². The van der Waals surface area contributed by atoms with Crippen molar-refractivity contribution < 1.29 is 8.42 Å². The van der Waals surface area contributed by atoms with Crippen LogP contribution in [0.15, 0.2) is 10.4 Å². The summed E-state index contributed by atoms with van der Waals surface area (Å²) in [5.41, 5.74) is 0.984. The average Bonchev–Trinajstić information content (AvgIpc) is 3.04. The van der Waals surface area contributed by atoms with Crippen LogP contribution in [0.25, 0.3) is 0 Å². The van der Waals surface area contributed by atoms with E-state index in [4.69, 9.17) is 0 Å². The van der Waals surface area contributed by atoms with Gasteiger partial charge in [0.25, 0.3) is 0 Å². The van der Waals surface area contributed by atoms with Crippen molar-refractivity contribution in [3.05, 3.63) is 11.1 Å². The molecule has 0 amide bonds. The molecule has 1 fully saturated rings. The van der Waals surface area contributed by atoms with E-state index in [2.05, 4.69) is 20.6 Å². The summed E-state index contributed by atoms with van der Waals surface area (Å²) in [6, 6.07) is 0. The van der Waals surface area contributed by atoms with E-state index in [9.17, 15) is 8.42 Å². The molecule has 1 aromatic rings. The molecule has 1 aliphatic heterocycles. The van der Waals surface area contributed by atoms with Crippen molar-refractivity contribution in [2.75, 3.05) is 51.9 Å². The maximum Gasteiger partial charge on any atom is 0.211 e. The highest BCUT2D eigenvalue weighted by Crippen LogP contribution is 2.19. The number of aromatic nitrogens is 1. The van der Waals surface area contributed by atoms with Crippen LogP contribution in [0.1, 0.15) is 18.5 Å². The van der Waals surface area contributed by atoms with Crippen LogP contribution in [0.5, 0.6) is 0 Å². The van der Waals surface area contributed by atoms with Crippen molar-refractivity contribution in [2.24, 2.45) is 10.9 Å². The fourth-order valence-electron chi connectivity index (χ4n) is 2.66. The summed E-state index contributed by atoms with van der Waals surface area (Å²) in [5, 5.41) is 9.62. The molecule has 0 radical (unpaired) electrons. The molecule has 1 aromatic heterocycles. The molecule has 11 heteroatoms. The average molecular weight is 516 g/mol. The smallest absolute Gasteiger partial charge is 0.211 e. The number of nitrogens with zero attached hydrogens (tertiary/aromatic N) is 4. The topological polar surface area (TPSA) is 89.9 Å². The first-order valence-electron chi connectivity index (χ1n) is 8.31.